The first-order valence-electron chi connectivity index (χ1n) is 12.4. The maximum Gasteiger partial charge on any atom is 0.243 e. The number of aromatic nitrogens is 6. The van der Waals surface area contributed by atoms with Crippen molar-refractivity contribution in [3.05, 3.63) is 88.6 Å². The SMILES string of the molecule is Cc1ccc2c(c1)C1(CC(=O)Nc3c1c(C)nn3-c1ncnc3nc[nH]c13)C(=O)N2Cc1cccc(C#N)c1. The predicted octanol–water partition coefficient (Wildman–Crippen LogP) is 3.20. The molecule has 0 radical (unpaired) electrons. The fourth-order valence-electron chi connectivity index (χ4n) is 5.90. The van der Waals surface area contributed by atoms with Gasteiger partial charge in [0, 0.05) is 17.7 Å². The fourth-order valence-corrected chi connectivity index (χ4v) is 5.90. The Balaban J connectivity index is 1.45. The molecule has 0 saturated carbocycles. The minimum atomic E-state index is -1.27. The smallest absolute Gasteiger partial charge is 0.243 e. The van der Waals surface area contributed by atoms with Gasteiger partial charge in [-0.1, -0.05) is 29.8 Å². The lowest BCUT2D eigenvalue weighted by atomic mass is 9.70. The molecule has 39 heavy (non-hydrogen) atoms. The summed E-state index contributed by atoms with van der Waals surface area (Å²) in [5.41, 5.74) is 4.80. The van der Waals surface area contributed by atoms with Gasteiger partial charge in [-0.15, -0.1) is 0 Å². The molecule has 0 bridgehead atoms. The molecule has 5 heterocycles. The number of fused-ring (bicyclic) bond motifs is 5. The van der Waals surface area contributed by atoms with Gasteiger partial charge in [0.05, 0.1) is 30.2 Å². The highest BCUT2D eigenvalue weighted by Crippen LogP contribution is 2.54. The zero-order valence-electron chi connectivity index (χ0n) is 21.1. The number of H-pyrrole nitrogens is 1. The molecule has 5 aromatic rings. The average Bonchev–Trinajstić information content (AvgIpc) is 3.60. The van der Waals surface area contributed by atoms with E-state index < -0.39 is 5.41 Å². The molecular formula is C28H21N9O2. The first-order valence-corrected chi connectivity index (χ1v) is 12.4. The third-order valence-electron chi connectivity index (χ3n) is 7.48. The summed E-state index contributed by atoms with van der Waals surface area (Å²) in [6, 6.07) is 15.2. The molecular weight excluding hydrogens is 494 g/mol. The van der Waals surface area contributed by atoms with Gasteiger partial charge >= 0.3 is 0 Å². The second kappa shape index (κ2) is 8.06. The third kappa shape index (κ3) is 3.15. The van der Waals surface area contributed by atoms with Crippen LogP contribution in [0.15, 0.2) is 55.1 Å². The predicted molar refractivity (Wildman–Crippen MR) is 141 cm³/mol. The summed E-state index contributed by atoms with van der Waals surface area (Å²) in [5, 5.41) is 17.1. The second-order valence-corrected chi connectivity index (χ2v) is 9.87. The Morgan fingerprint density at radius 2 is 1.97 bits per heavy atom. The second-order valence-electron chi connectivity index (χ2n) is 9.87. The highest BCUT2D eigenvalue weighted by Gasteiger charge is 2.58. The molecule has 0 aliphatic carbocycles. The molecule has 2 aromatic carbocycles. The zero-order valence-corrected chi connectivity index (χ0v) is 21.1. The van der Waals surface area contributed by atoms with E-state index in [0.717, 1.165) is 22.4 Å². The number of hydrogen-bond donors (Lipinski definition) is 2. The van der Waals surface area contributed by atoms with Crippen molar-refractivity contribution in [3.8, 4) is 11.9 Å². The summed E-state index contributed by atoms with van der Waals surface area (Å²) >= 11 is 0. The summed E-state index contributed by atoms with van der Waals surface area (Å²) in [6.45, 7) is 4.06. The van der Waals surface area contributed by atoms with E-state index in [4.69, 9.17) is 5.10 Å². The van der Waals surface area contributed by atoms with Crippen LogP contribution in [0.2, 0.25) is 0 Å². The molecule has 190 valence electrons. The lowest BCUT2D eigenvalue weighted by Gasteiger charge is -2.33. The summed E-state index contributed by atoms with van der Waals surface area (Å²) in [6.07, 6.45) is 2.85. The highest BCUT2D eigenvalue weighted by atomic mass is 16.2. The van der Waals surface area contributed by atoms with Crippen LogP contribution in [0.25, 0.3) is 17.0 Å². The standard InChI is InChI=1S/C28H21N9O2/c1-15-6-7-20-19(8-15)28(27(39)36(20)12-18-5-3-4-17(9-18)11-29)10-21(38)34-25-22(28)16(2)35-37(25)26-23-24(31-13-30-23)32-14-33-26/h3-9,13-14H,10,12H2,1-2H3,(H,34,38)(H,30,31,32,33). The van der Waals surface area contributed by atoms with Crippen LogP contribution in [0.4, 0.5) is 11.5 Å². The average molecular weight is 516 g/mol. The number of rotatable bonds is 3. The number of aromatic amines is 1. The minimum absolute atomic E-state index is 0.0558. The molecule has 7 rings (SSSR count). The Labute approximate surface area is 222 Å². The number of imidazole rings is 1. The van der Waals surface area contributed by atoms with Crippen molar-refractivity contribution in [3.63, 3.8) is 0 Å². The van der Waals surface area contributed by atoms with Crippen molar-refractivity contribution in [1.29, 1.82) is 5.26 Å². The molecule has 11 nitrogen and oxygen atoms in total. The van der Waals surface area contributed by atoms with E-state index in [1.807, 2.05) is 38.1 Å². The molecule has 1 unspecified atom stereocenters. The van der Waals surface area contributed by atoms with Gasteiger partial charge < -0.3 is 15.2 Å². The van der Waals surface area contributed by atoms with Crippen molar-refractivity contribution in [2.75, 3.05) is 10.2 Å². The van der Waals surface area contributed by atoms with Crippen molar-refractivity contribution >= 4 is 34.5 Å². The largest absolute Gasteiger partial charge is 0.340 e. The number of nitriles is 1. The topological polar surface area (TPSA) is 145 Å². The summed E-state index contributed by atoms with van der Waals surface area (Å²) in [5.74, 6) is 0.304. The van der Waals surface area contributed by atoms with Crippen LogP contribution in [0.1, 0.15) is 39.9 Å². The Morgan fingerprint density at radius 1 is 1.10 bits per heavy atom. The van der Waals surface area contributed by atoms with Gasteiger partial charge in [0.2, 0.25) is 11.8 Å². The number of nitrogens with one attached hydrogen (secondary N) is 2. The summed E-state index contributed by atoms with van der Waals surface area (Å²) in [7, 11) is 0. The van der Waals surface area contributed by atoms with Gasteiger partial charge in [0.15, 0.2) is 11.5 Å². The van der Waals surface area contributed by atoms with Crippen molar-refractivity contribution < 1.29 is 9.59 Å². The number of hydrogen-bond acceptors (Lipinski definition) is 7. The molecule has 1 spiro atoms. The van der Waals surface area contributed by atoms with Gasteiger partial charge in [-0.3, -0.25) is 9.59 Å². The normalized spacial score (nSPS) is 17.8. The maximum absolute atomic E-state index is 14.6. The van der Waals surface area contributed by atoms with E-state index >= 15 is 0 Å². The third-order valence-corrected chi connectivity index (χ3v) is 7.48. The Morgan fingerprint density at radius 3 is 2.82 bits per heavy atom. The number of aryl methyl sites for hydroxylation is 2. The molecule has 3 aromatic heterocycles. The minimum Gasteiger partial charge on any atom is -0.340 e. The van der Waals surface area contributed by atoms with Crippen LogP contribution in [0.5, 0.6) is 0 Å². The van der Waals surface area contributed by atoms with E-state index in [1.165, 1.54) is 12.7 Å². The van der Waals surface area contributed by atoms with Crippen LogP contribution < -0.4 is 10.2 Å². The lowest BCUT2D eigenvalue weighted by molar-refractivity contribution is -0.126. The Bertz CT molecular complexity index is 1900. The van der Waals surface area contributed by atoms with Gasteiger partial charge in [0.1, 0.15) is 23.1 Å². The van der Waals surface area contributed by atoms with Crippen molar-refractivity contribution in [2.24, 2.45) is 0 Å². The van der Waals surface area contributed by atoms with E-state index in [-0.39, 0.29) is 24.8 Å². The maximum atomic E-state index is 14.6. The number of nitrogens with zero attached hydrogens (tertiary/aromatic N) is 7. The molecule has 2 N–H and O–H groups in total. The van der Waals surface area contributed by atoms with Crippen LogP contribution in [-0.4, -0.2) is 41.5 Å². The fraction of sp³-hybridized carbons (Fsp3) is 0.179. The molecule has 2 aliphatic heterocycles. The van der Waals surface area contributed by atoms with Crippen molar-refractivity contribution in [2.45, 2.75) is 32.2 Å². The van der Waals surface area contributed by atoms with Crippen LogP contribution >= 0.6 is 0 Å². The van der Waals surface area contributed by atoms with Crippen LogP contribution in [0.3, 0.4) is 0 Å². The number of anilines is 2. The quantitative estimate of drug-likeness (QED) is 0.375. The molecule has 0 saturated heterocycles. The van der Waals surface area contributed by atoms with Gasteiger partial charge in [0.25, 0.3) is 0 Å². The number of carbonyl (C=O) groups is 2. The van der Waals surface area contributed by atoms with Crippen LogP contribution in [0, 0.1) is 25.2 Å². The van der Waals surface area contributed by atoms with Gasteiger partial charge in [-0.25, -0.2) is 15.0 Å². The molecule has 1 atom stereocenters. The van der Waals surface area contributed by atoms with E-state index in [9.17, 15) is 14.9 Å². The number of benzene rings is 2. The monoisotopic (exact) mass is 515 g/mol. The van der Waals surface area contributed by atoms with Gasteiger partial charge in [-0.2, -0.15) is 15.0 Å². The molecule has 2 aliphatic rings. The summed E-state index contributed by atoms with van der Waals surface area (Å²) in [4.78, 5) is 45.5. The number of carbonyl (C=O) groups excluding carboxylic acids is 2. The molecule has 11 heteroatoms. The highest BCUT2D eigenvalue weighted by molar-refractivity contribution is 6.16. The van der Waals surface area contributed by atoms with E-state index in [1.54, 1.807) is 27.8 Å². The van der Waals surface area contributed by atoms with Crippen LogP contribution in [-0.2, 0) is 21.5 Å². The first kappa shape index (κ1) is 22.8. The Kier molecular flexibility index (Phi) is 4.71. The Hall–Kier alpha value is -5.37. The zero-order chi connectivity index (χ0) is 26.9. The lowest BCUT2D eigenvalue weighted by Crippen LogP contribution is -2.46. The van der Waals surface area contributed by atoms with E-state index in [2.05, 4.69) is 31.3 Å². The van der Waals surface area contributed by atoms with Gasteiger partial charge in [-0.05, 0) is 43.2 Å². The molecule has 0 fully saturated rings. The summed E-state index contributed by atoms with van der Waals surface area (Å²) < 4.78 is 1.55. The number of amides is 2. The molecule has 2 amide bonds. The van der Waals surface area contributed by atoms with Crippen molar-refractivity contribution in [1.82, 2.24) is 29.7 Å². The van der Waals surface area contributed by atoms with E-state index in [0.29, 0.717) is 39.6 Å². The first-order chi connectivity index (χ1) is 18.9.